The van der Waals surface area contributed by atoms with Gasteiger partial charge in [0.05, 0.1) is 6.61 Å². The van der Waals surface area contributed by atoms with Crippen LogP contribution in [0.15, 0.2) is 0 Å². The van der Waals surface area contributed by atoms with Gasteiger partial charge in [-0.2, -0.15) is 0 Å². The number of hydrogen-bond donors (Lipinski definition) is 2. The van der Waals surface area contributed by atoms with Gasteiger partial charge in [0.25, 0.3) is 0 Å². The highest BCUT2D eigenvalue weighted by Gasteiger charge is 2.51. The molecule has 1 unspecified atom stereocenters. The first kappa shape index (κ1) is 23.3. The van der Waals surface area contributed by atoms with Gasteiger partial charge >= 0.3 is 17.9 Å². The molecule has 0 saturated carbocycles. The summed E-state index contributed by atoms with van der Waals surface area (Å²) in [7, 11) is 0. The van der Waals surface area contributed by atoms with E-state index in [1.165, 1.54) is 0 Å². The van der Waals surface area contributed by atoms with Crippen LogP contribution in [0.3, 0.4) is 0 Å². The van der Waals surface area contributed by atoms with E-state index in [1.54, 1.807) is 20.8 Å². The Labute approximate surface area is 158 Å². The fourth-order valence-electron chi connectivity index (χ4n) is 2.69. The molecule has 0 aliphatic carbocycles. The van der Waals surface area contributed by atoms with Crippen LogP contribution in [0.5, 0.6) is 0 Å². The molecule has 1 aliphatic heterocycles. The molecule has 0 aromatic carbocycles. The van der Waals surface area contributed by atoms with E-state index in [9.17, 15) is 24.6 Å². The van der Waals surface area contributed by atoms with Gasteiger partial charge < -0.3 is 29.2 Å². The fourth-order valence-corrected chi connectivity index (χ4v) is 2.69. The highest BCUT2D eigenvalue weighted by atomic mass is 16.7. The summed E-state index contributed by atoms with van der Waals surface area (Å²) in [6.45, 7) is 4.78. The lowest BCUT2D eigenvalue weighted by molar-refractivity contribution is -0.296. The van der Waals surface area contributed by atoms with E-state index in [0.29, 0.717) is 19.3 Å². The van der Waals surface area contributed by atoms with Crippen molar-refractivity contribution in [3.8, 4) is 0 Å². The van der Waals surface area contributed by atoms with E-state index in [4.69, 9.17) is 18.9 Å². The Kier molecular flexibility index (Phi) is 10.3. The first-order valence-corrected chi connectivity index (χ1v) is 9.40. The number of ether oxygens (including phenoxy) is 4. The zero-order valence-corrected chi connectivity index (χ0v) is 16.1. The SMILES string of the molecule is CCCC(=O)O[C@@H]1[C@H](OC(=O)CCC)[C@@H](OC(=O)CCC)C(O)O[C@@H]1CO. The number of hydrogen-bond acceptors (Lipinski definition) is 9. The zero-order chi connectivity index (χ0) is 20.4. The largest absolute Gasteiger partial charge is 0.455 e. The quantitative estimate of drug-likeness (QED) is 0.411. The van der Waals surface area contributed by atoms with E-state index in [1.807, 2.05) is 0 Å². The molecule has 156 valence electrons. The summed E-state index contributed by atoms with van der Waals surface area (Å²) in [6.07, 6.45) is -4.72. The number of carbonyl (C=O) groups excluding carboxylic acids is 3. The van der Waals surface area contributed by atoms with Crippen LogP contribution in [0, 0.1) is 0 Å². The van der Waals surface area contributed by atoms with Crippen molar-refractivity contribution in [3.63, 3.8) is 0 Å². The second kappa shape index (κ2) is 11.9. The molecule has 9 nitrogen and oxygen atoms in total. The number of rotatable bonds is 10. The molecule has 2 N–H and O–H groups in total. The van der Waals surface area contributed by atoms with Gasteiger partial charge in [0, 0.05) is 19.3 Å². The number of esters is 3. The minimum absolute atomic E-state index is 0.0997. The summed E-state index contributed by atoms with van der Waals surface area (Å²) in [5, 5.41) is 19.8. The first-order valence-electron chi connectivity index (χ1n) is 9.40. The molecule has 0 bridgehead atoms. The number of aliphatic hydroxyl groups excluding tert-OH is 2. The maximum atomic E-state index is 12.0. The van der Waals surface area contributed by atoms with E-state index in [-0.39, 0.29) is 19.3 Å². The molecule has 5 atom stereocenters. The van der Waals surface area contributed by atoms with Crippen LogP contribution in [-0.4, -0.2) is 65.4 Å². The van der Waals surface area contributed by atoms with Crippen LogP contribution in [0.1, 0.15) is 59.3 Å². The van der Waals surface area contributed by atoms with Crippen molar-refractivity contribution in [2.24, 2.45) is 0 Å². The third kappa shape index (κ3) is 7.08. The van der Waals surface area contributed by atoms with Crippen molar-refractivity contribution in [2.45, 2.75) is 90.0 Å². The van der Waals surface area contributed by atoms with Crippen LogP contribution in [0.4, 0.5) is 0 Å². The van der Waals surface area contributed by atoms with Crippen LogP contribution in [0.25, 0.3) is 0 Å². The highest BCUT2D eigenvalue weighted by molar-refractivity contribution is 5.71. The molecular weight excluding hydrogens is 360 g/mol. The van der Waals surface area contributed by atoms with Crippen molar-refractivity contribution in [1.29, 1.82) is 0 Å². The lowest BCUT2D eigenvalue weighted by Gasteiger charge is -2.42. The van der Waals surface area contributed by atoms with E-state index < -0.39 is 55.2 Å². The van der Waals surface area contributed by atoms with Gasteiger partial charge in [-0.1, -0.05) is 20.8 Å². The number of aliphatic hydroxyl groups is 2. The average Bonchev–Trinajstić information content (AvgIpc) is 2.60. The smallest absolute Gasteiger partial charge is 0.306 e. The molecule has 0 spiro atoms. The maximum absolute atomic E-state index is 12.0. The third-order valence-electron chi connectivity index (χ3n) is 3.95. The number of carbonyl (C=O) groups is 3. The van der Waals surface area contributed by atoms with Crippen molar-refractivity contribution in [2.75, 3.05) is 6.61 Å². The Morgan fingerprint density at radius 2 is 1.19 bits per heavy atom. The highest BCUT2D eigenvalue weighted by Crippen LogP contribution is 2.28. The van der Waals surface area contributed by atoms with Crippen LogP contribution in [-0.2, 0) is 33.3 Å². The summed E-state index contributed by atoms with van der Waals surface area (Å²) in [4.78, 5) is 35.9. The predicted octanol–water partition coefficient (Wildman–Crippen LogP) is 0.832. The molecule has 1 aliphatic rings. The minimum atomic E-state index is -1.64. The molecule has 1 rings (SSSR count). The average molecular weight is 390 g/mol. The third-order valence-corrected chi connectivity index (χ3v) is 3.95. The van der Waals surface area contributed by atoms with Gasteiger partial charge in [0.1, 0.15) is 6.10 Å². The summed E-state index contributed by atoms with van der Waals surface area (Å²) in [5.41, 5.74) is 0. The van der Waals surface area contributed by atoms with Crippen molar-refractivity contribution >= 4 is 17.9 Å². The Morgan fingerprint density at radius 1 is 0.778 bits per heavy atom. The zero-order valence-electron chi connectivity index (χ0n) is 16.1. The second-order valence-corrected chi connectivity index (χ2v) is 6.36. The molecule has 1 heterocycles. The molecule has 9 heteroatoms. The Balaban J connectivity index is 3.10. The normalized spacial score (nSPS) is 27.7. The topological polar surface area (TPSA) is 129 Å². The van der Waals surface area contributed by atoms with Crippen molar-refractivity contribution < 1.29 is 43.5 Å². The van der Waals surface area contributed by atoms with Crippen LogP contribution >= 0.6 is 0 Å². The van der Waals surface area contributed by atoms with E-state index in [0.717, 1.165) is 0 Å². The maximum Gasteiger partial charge on any atom is 0.306 e. The molecule has 1 fully saturated rings. The molecule has 0 aromatic rings. The Morgan fingerprint density at radius 3 is 1.59 bits per heavy atom. The van der Waals surface area contributed by atoms with Gasteiger partial charge in [-0.15, -0.1) is 0 Å². The van der Waals surface area contributed by atoms with E-state index >= 15 is 0 Å². The lowest BCUT2D eigenvalue weighted by atomic mass is 9.98. The Bertz CT molecular complexity index is 493. The Hall–Kier alpha value is -1.71. The first-order chi connectivity index (χ1) is 12.9. The van der Waals surface area contributed by atoms with Gasteiger partial charge in [-0.05, 0) is 19.3 Å². The summed E-state index contributed by atoms with van der Waals surface area (Å²) < 4.78 is 21.2. The molecule has 0 amide bonds. The van der Waals surface area contributed by atoms with Crippen LogP contribution < -0.4 is 0 Å². The van der Waals surface area contributed by atoms with Gasteiger partial charge in [-0.3, -0.25) is 14.4 Å². The summed E-state index contributed by atoms with van der Waals surface area (Å²) >= 11 is 0. The molecule has 1 saturated heterocycles. The molecule has 27 heavy (non-hydrogen) atoms. The summed E-state index contributed by atoms with van der Waals surface area (Å²) in [6, 6.07) is 0. The van der Waals surface area contributed by atoms with Gasteiger partial charge in [0.2, 0.25) is 0 Å². The summed E-state index contributed by atoms with van der Waals surface area (Å²) in [5.74, 6) is -1.78. The minimum Gasteiger partial charge on any atom is -0.455 e. The predicted molar refractivity (Wildman–Crippen MR) is 92.3 cm³/mol. The van der Waals surface area contributed by atoms with Crippen LogP contribution in [0.2, 0.25) is 0 Å². The van der Waals surface area contributed by atoms with E-state index in [2.05, 4.69) is 0 Å². The standard InChI is InChI=1S/C18H30O9/c1-4-7-12(20)25-15-11(10-19)24-18(23)17(27-14(22)9-6-3)16(15)26-13(21)8-5-2/h11,15-19,23H,4-10H2,1-3H3/t11-,15+,16+,17-,18?/m1/s1. The molecular formula is C18H30O9. The monoisotopic (exact) mass is 390 g/mol. The van der Waals surface area contributed by atoms with Crippen molar-refractivity contribution in [1.82, 2.24) is 0 Å². The molecule has 0 radical (unpaired) electrons. The molecule has 0 aromatic heterocycles. The second-order valence-electron chi connectivity index (χ2n) is 6.36. The lowest BCUT2D eigenvalue weighted by Crippen LogP contribution is -2.62. The van der Waals surface area contributed by atoms with Gasteiger partial charge in [0.15, 0.2) is 24.6 Å². The van der Waals surface area contributed by atoms with Crippen molar-refractivity contribution in [3.05, 3.63) is 0 Å². The fraction of sp³-hybridized carbons (Fsp3) is 0.833. The van der Waals surface area contributed by atoms with Gasteiger partial charge in [-0.25, -0.2) is 0 Å².